The zero-order valence-electron chi connectivity index (χ0n) is 13.1. The van der Waals surface area contributed by atoms with Crippen LogP contribution in [0.4, 0.5) is 0 Å². The van der Waals surface area contributed by atoms with Crippen molar-refractivity contribution in [2.24, 2.45) is 0 Å². The molecule has 0 aliphatic rings. The van der Waals surface area contributed by atoms with Crippen molar-refractivity contribution in [3.05, 3.63) is 59.9 Å². The number of halogens is 1. The van der Waals surface area contributed by atoms with E-state index in [1.54, 1.807) is 24.7 Å². The molecule has 120 valence electrons. The van der Waals surface area contributed by atoms with E-state index in [1.807, 2.05) is 29.0 Å². The lowest BCUT2D eigenvalue weighted by Gasteiger charge is -2.09. The van der Waals surface area contributed by atoms with Crippen LogP contribution in [0.3, 0.4) is 0 Å². The SMILES string of the molecule is CCn1c(Cn2ccnc2-c2ncccn2)nc2ccc(Cl)cc21. The molecule has 6 nitrogen and oxygen atoms in total. The summed E-state index contributed by atoms with van der Waals surface area (Å²) < 4.78 is 4.17. The Balaban J connectivity index is 1.77. The highest BCUT2D eigenvalue weighted by atomic mass is 35.5. The van der Waals surface area contributed by atoms with Gasteiger partial charge in [-0.2, -0.15) is 0 Å². The van der Waals surface area contributed by atoms with Crippen LogP contribution >= 0.6 is 11.6 Å². The highest BCUT2D eigenvalue weighted by Crippen LogP contribution is 2.22. The molecule has 0 saturated heterocycles. The summed E-state index contributed by atoms with van der Waals surface area (Å²) in [5.74, 6) is 2.28. The lowest BCUT2D eigenvalue weighted by Crippen LogP contribution is -2.09. The van der Waals surface area contributed by atoms with Crippen LogP contribution in [0.15, 0.2) is 49.1 Å². The van der Waals surface area contributed by atoms with Gasteiger partial charge < -0.3 is 9.13 Å². The lowest BCUT2D eigenvalue weighted by molar-refractivity contribution is 0.665. The van der Waals surface area contributed by atoms with Crippen LogP contribution in [0, 0.1) is 0 Å². The fourth-order valence-electron chi connectivity index (χ4n) is 2.83. The summed E-state index contributed by atoms with van der Waals surface area (Å²) in [5.41, 5.74) is 1.98. The van der Waals surface area contributed by atoms with Crippen LogP contribution < -0.4 is 0 Å². The van der Waals surface area contributed by atoms with Gasteiger partial charge in [-0.1, -0.05) is 11.6 Å². The Hall–Kier alpha value is -2.73. The van der Waals surface area contributed by atoms with E-state index in [4.69, 9.17) is 16.6 Å². The van der Waals surface area contributed by atoms with E-state index in [-0.39, 0.29) is 0 Å². The van der Waals surface area contributed by atoms with Gasteiger partial charge in [-0.3, -0.25) is 0 Å². The van der Waals surface area contributed by atoms with E-state index < -0.39 is 0 Å². The van der Waals surface area contributed by atoms with E-state index in [0.717, 1.165) is 29.2 Å². The maximum Gasteiger partial charge on any atom is 0.195 e. The first-order valence-corrected chi connectivity index (χ1v) is 8.07. The van der Waals surface area contributed by atoms with E-state index in [9.17, 15) is 0 Å². The molecule has 0 N–H and O–H groups in total. The molecule has 0 saturated carbocycles. The molecule has 0 spiro atoms. The predicted molar refractivity (Wildman–Crippen MR) is 92.8 cm³/mol. The molecule has 0 unspecified atom stereocenters. The van der Waals surface area contributed by atoms with Crippen LogP contribution in [0.1, 0.15) is 12.7 Å². The number of aromatic nitrogens is 6. The quantitative estimate of drug-likeness (QED) is 0.572. The second-order valence-electron chi connectivity index (χ2n) is 5.36. The smallest absolute Gasteiger partial charge is 0.195 e. The molecule has 0 radical (unpaired) electrons. The topological polar surface area (TPSA) is 61.4 Å². The second-order valence-corrected chi connectivity index (χ2v) is 5.79. The van der Waals surface area contributed by atoms with Crippen molar-refractivity contribution >= 4 is 22.6 Å². The molecule has 0 atom stereocenters. The molecule has 1 aromatic carbocycles. The number of nitrogens with zero attached hydrogens (tertiary/aromatic N) is 6. The summed E-state index contributed by atoms with van der Waals surface area (Å²) in [6.07, 6.45) is 7.09. The zero-order valence-corrected chi connectivity index (χ0v) is 13.9. The minimum absolute atomic E-state index is 0.591. The predicted octanol–water partition coefficient (Wildman–Crippen LogP) is 3.41. The van der Waals surface area contributed by atoms with Gasteiger partial charge >= 0.3 is 0 Å². The Morgan fingerprint density at radius 3 is 2.71 bits per heavy atom. The summed E-state index contributed by atoms with van der Waals surface area (Å²) in [4.78, 5) is 17.7. The minimum atomic E-state index is 0.591. The van der Waals surface area contributed by atoms with Crippen LogP contribution in [0.2, 0.25) is 5.02 Å². The van der Waals surface area contributed by atoms with Gasteiger partial charge in [-0.15, -0.1) is 0 Å². The molecule has 0 aliphatic heterocycles. The van der Waals surface area contributed by atoms with E-state index in [1.165, 1.54) is 0 Å². The molecule has 3 aromatic heterocycles. The van der Waals surface area contributed by atoms with Gasteiger partial charge in [0.15, 0.2) is 11.6 Å². The standard InChI is InChI=1S/C17H15ClN6/c1-2-24-14-10-12(18)4-5-13(14)22-15(24)11-23-9-8-21-17(23)16-19-6-3-7-20-16/h3-10H,2,11H2,1H3. The molecule has 24 heavy (non-hydrogen) atoms. The normalized spacial score (nSPS) is 11.2. The number of fused-ring (bicyclic) bond motifs is 1. The van der Waals surface area contributed by atoms with Gasteiger partial charge in [-0.25, -0.2) is 19.9 Å². The van der Waals surface area contributed by atoms with Gasteiger partial charge in [0, 0.05) is 36.4 Å². The minimum Gasteiger partial charge on any atom is -0.327 e. The van der Waals surface area contributed by atoms with Crippen LogP contribution in [-0.2, 0) is 13.1 Å². The van der Waals surface area contributed by atoms with Crippen molar-refractivity contribution < 1.29 is 0 Å². The number of rotatable bonds is 4. The highest BCUT2D eigenvalue weighted by Gasteiger charge is 2.14. The number of aryl methyl sites for hydroxylation is 1. The Morgan fingerprint density at radius 1 is 1.08 bits per heavy atom. The van der Waals surface area contributed by atoms with Gasteiger partial charge in [-0.05, 0) is 31.2 Å². The monoisotopic (exact) mass is 338 g/mol. The van der Waals surface area contributed by atoms with Crippen LogP contribution in [0.5, 0.6) is 0 Å². The molecule has 7 heteroatoms. The third-order valence-electron chi connectivity index (χ3n) is 3.90. The fraction of sp³-hybridized carbons (Fsp3) is 0.176. The Kier molecular flexibility index (Phi) is 3.74. The number of hydrogen-bond acceptors (Lipinski definition) is 4. The van der Waals surface area contributed by atoms with E-state index in [2.05, 4.69) is 26.4 Å². The molecule has 3 heterocycles. The van der Waals surface area contributed by atoms with E-state index in [0.29, 0.717) is 17.4 Å². The summed E-state index contributed by atoms with van der Waals surface area (Å²) in [6, 6.07) is 7.55. The Bertz CT molecular complexity index is 989. The van der Waals surface area contributed by atoms with E-state index >= 15 is 0 Å². The Labute approximate surface area is 143 Å². The summed E-state index contributed by atoms with van der Waals surface area (Å²) in [5, 5.41) is 0.713. The number of imidazole rings is 2. The van der Waals surface area contributed by atoms with Crippen LogP contribution in [0.25, 0.3) is 22.7 Å². The van der Waals surface area contributed by atoms with Crippen molar-refractivity contribution in [1.29, 1.82) is 0 Å². The van der Waals surface area contributed by atoms with Gasteiger partial charge in [0.05, 0.1) is 17.6 Å². The molecule has 0 fully saturated rings. The van der Waals surface area contributed by atoms with Crippen molar-refractivity contribution in [2.45, 2.75) is 20.0 Å². The number of hydrogen-bond donors (Lipinski definition) is 0. The molecule has 0 bridgehead atoms. The largest absolute Gasteiger partial charge is 0.327 e. The first-order valence-electron chi connectivity index (χ1n) is 7.69. The molecule has 4 rings (SSSR count). The molecular formula is C17H15ClN6. The average molecular weight is 339 g/mol. The average Bonchev–Trinajstić information content (AvgIpc) is 3.19. The van der Waals surface area contributed by atoms with Crippen molar-refractivity contribution in [3.63, 3.8) is 0 Å². The van der Waals surface area contributed by atoms with Gasteiger partial charge in [0.25, 0.3) is 0 Å². The summed E-state index contributed by atoms with van der Waals surface area (Å²) in [6.45, 7) is 3.51. The molecular weight excluding hydrogens is 324 g/mol. The van der Waals surface area contributed by atoms with Gasteiger partial charge in [0.2, 0.25) is 0 Å². The molecule has 4 aromatic rings. The highest BCUT2D eigenvalue weighted by molar-refractivity contribution is 6.31. The zero-order chi connectivity index (χ0) is 16.5. The third kappa shape index (κ3) is 2.55. The fourth-order valence-corrected chi connectivity index (χ4v) is 3.00. The summed E-state index contributed by atoms with van der Waals surface area (Å²) in [7, 11) is 0. The summed E-state index contributed by atoms with van der Waals surface area (Å²) >= 11 is 6.13. The number of benzene rings is 1. The first kappa shape index (κ1) is 14.8. The second kappa shape index (κ2) is 6.05. The van der Waals surface area contributed by atoms with Crippen molar-refractivity contribution in [2.75, 3.05) is 0 Å². The van der Waals surface area contributed by atoms with Crippen molar-refractivity contribution in [3.8, 4) is 11.6 Å². The van der Waals surface area contributed by atoms with Crippen LogP contribution in [-0.4, -0.2) is 29.1 Å². The lowest BCUT2D eigenvalue weighted by atomic mass is 10.3. The van der Waals surface area contributed by atoms with Crippen molar-refractivity contribution in [1.82, 2.24) is 29.1 Å². The Morgan fingerprint density at radius 2 is 1.92 bits per heavy atom. The molecule has 0 amide bonds. The maximum atomic E-state index is 6.13. The third-order valence-corrected chi connectivity index (χ3v) is 4.13. The maximum absolute atomic E-state index is 6.13. The first-order chi connectivity index (χ1) is 11.8. The van der Waals surface area contributed by atoms with Gasteiger partial charge in [0.1, 0.15) is 5.82 Å². The molecule has 0 aliphatic carbocycles.